The Morgan fingerprint density at radius 2 is 1.62 bits per heavy atom. The molecule has 4 nitrogen and oxygen atoms in total. The van der Waals surface area contributed by atoms with Gasteiger partial charge in [0.25, 0.3) is 0 Å². The Balaban J connectivity index is 1.87. The predicted octanol–water partition coefficient (Wildman–Crippen LogP) is 10.0. The highest BCUT2D eigenvalue weighted by Crippen LogP contribution is 2.33. The average molecular weight is 581 g/mol. The molecule has 0 aliphatic carbocycles. The highest BCUT2D eigenvalue weighted by Gasteiger charge is 2.13. The van der Waals surface area contributed by atoms with Crippen LogP contribution in [0.4, 0.5) is 5.69 Å². The van der Waals surface area contributed by atoms with Crippen LogP contribution in [-0.4, -0.2) is 12.4 Å². The smallest absolute Gasteiger partial charge is 0.130 e. The zero-order valence-electron chi connectivity index (χ0n) is 25.2. The van der Waals surface area contributed by atoms with Gasteiger partial charge in [0.2, 0.25) is 0 Å². The van der Waals surface area contributed by atoms with E-state index in [1.165, 1.54) is 18.4 Å². The van der Waals surface area contributed by atoms with Crippen molar-refractivity contribution in [3.8, 4) is 16.9 Å². The highest BCUT2D eigenvalue weighted by atomic mass is 32.1. The second-order valence-electron chi connectivity index (χ2n) is 10.5. The number of rotatable bonds is 17. The number of thiol groups is 1. The lowest BCUT2D eigenvalue weighted by atomic mass is 9.98. The minimum absolute atomic E-state index is 0.153. The lowest BCUT2D eigenvalue weighted by Crippen LogP contribution is -2.13. The summed E-state index contributed by atoms with van der Waals surface area (Å²) in [5.41, 5.74) is 8.72. The summed E-state index contributed by atoms with van der Waals surface area (Å²) in [5, 5.41) is 8.72. The minimum atomic E-state index is 0.153. The van der Waals surface area contributed by atoms with Crippen molar-refractivity contribution in [1.82, 2.24) is 5.32 Å². The summed E-state index contributed by atoms with van der Waals surface area (Å²) in [6.07, 6.45) is 7.62. The number of hydrogen-bond acceptors (Lipinski definition) is 5. The van der Waals surface area contributed by atoms with Crippen molar-refractivity contribution in [2.75, 3.05) is 11.9 Å². The number of hydrogen-bond donors (Lipinski definition) is 3. The number of carbonyl (C=O) groups excluding carboxylic acids is 1. The van der Waals surface area contributed by atoms with Crippen molar-refractivity contribution in [1.29, 1.82) is 0 Å². The molecule has 0 aliphatic rings. The fourth-order valence-corrected chi connectivity index (χ4v) is 4.85. The summed E-state index contributed by atoms with van der Waals surface area (Å²) in [4.78, 5) is 11.5. The first-order valence-corrected chi connectivity index (χ1v) is 15.2. The van der Waals surface area contributed by atoms with Gasteiger partial charge in [-0.05, 0) is 73.4 Å². The lowest BCUT2D eigenvalue weighted by Gasteiger charge is -2.19. The van der Waals surface area contributed by atoms with Crippen LogP contribution in [0.5, 0.6) is 5.75 Å². The van der Waals surface area contributed by atoms with Gasteiger partial charge in [-0.2, -0.15) is 12.6 Å². The van der Waals surface area contributed by atoms with Crippen molar-refractivity contribution in [2.45, 2.75) is 59.3 Å². The Morgan fingerprint density at radius 1 is 0.881 bits per heavy atom. The van der Waals surface area contributed by atoms with Crippen molar-refractivity contribution in [3.05, 3.63) is 120 Å². The van der Waals surface area contributed by atoms with Crippen LogP contribution in [0.2, 0.25) is 0 Å². The molecule has 0 atom stereocenters. The van der Waals surface area contributed by atoms with Crippen molar-refractivity contribution in [2.24, 2.45) is 0 Å². The quantitative estimate of drug-likeness (QED) is 0.0845. The van der Waals surface area contributed by atoms with Crippen LogP contribution in [0, 0.1) is 0 Å². The standard InChI is InChI=1S/C37H44N2O2S/c1-6-7-9-15-27(2)36(23-25-42)39-30(5)34-22-21-32(26-37(34)41-24-14-16-28(3)40)38-29(4)33-19-12-13-20-35(33)31-17-10-8-11-18-31/h8,10-13,17-23,25-26,38-39,42H,4-7,9,14-16,24H2,1-3H3/b25-23-,36-27-. The second kappa shape index (κ2) is 17.1. The number of ketones is 1. The molecule has 3 rings (SSSR count). The molecule has 0 fully saturated rings. The number of unbranched alkanes of at least 4 members (excludes halogenated alkanes) is 2. The van der Waals surface area contributed by atoms with Crippen molar-refractivity contribution in [3.63, 3.8) is 0 Å². The van der Waals surface area contributed by atoms with Gasteiger partial charge in [-0.1, -0.05) is 87.5 Å². The molecule has 0 saturated heterocycles. The number of carbonyl (C=O) groups is 1. The molecule has 5 heteroatoms. The zero-order valence-corrected chi connectivity index (χ0v) is 26.1. The zero-order chi connectivity index (χ0) is 30.3. The minimum Gasteiger partial charge on any atom is -0.493 e. The maximum absolute atomic E-state index is 11.5. The van der Waals surface area contributed by atoms with E-state index in [-0.39, 0.29) is 5.78 Å². The molecule has 0 heterocycles. The van der Waals surface area contributed by atoms with Crippen LogP contribution in [0.25, 0.3) is 22.5 Å². The van der Waals surface area contributed by atoms with E-state index < -0.39 is 0 Å². The molecule has 0 spiro atoms. The van der Waals surface area contributed by atoms with Gasteiger partial charge in [0.15, 0.2) is 0 Å². The van der Waals surface area contributed by atoms with Crippen LogP contribution in [-0.2, 0) is 4.79 Å². The van der Waals surface area contributed by atoms with Crippen LogP contribution in [0.1, 0.15) is 70.4 Å². The number of ether oxygens (including phenoxy) is 1. The van der Waals surface area contributed by atoms with Crippen LogP contribution < -0.4 is 15.4 Å². The number of allylic oxidation sites excluding steroid dienone is 2. The first-order chi connectivity index (χ1) is 20.3. The summed E-state index contributed by atoms with van der Waals surface area (Å²) >= 11 is 4.32. The van der Waals surface area contributed by atoms with Crippen LogP contribution >= 0.6 is 12.6 Å². The van der Waals surface area contributed by atoms with Crippen molar-refractivity contribution >= 4 is 35.5 Å². The van der Waals surface area contributed by atoms with Gasteiger partial charge < -0.3 is 20.2 Å². The van der Waals surface area contributed by atoms with Crippen LogP contribution in [0.15, 0.2) is 109 Å². The molecule has 0 amide bonds. The van der Waals surface area contributed by atoms with E-state index in [2.05, 4.69) is 74.5 Å². The van der Waals surface area contributed by atoms with Gasteiger partial charge in [0.05, 0.1) is 6.61 Å². The maximum atomic E-state index is 11.5. The monoisotopic (exact) mass is 580 g/mol. The normalized spacial score (nSPS) is 11.6. The van der Waals surface area contributed by atoms with Gasteiger partial charge in [0.1, 0.15) is 11.5 Å². The number of benzene rings is 3. The van der Waals surface area contributed by atoms with E-state index in [0.29, 0.717) is 25.2 Å². The number of anilines is 1. The maximum Gasteiger partial charge on any atom is 0.130 e. The molecule has 0 aliphatic heterocycles. The average Bonchev–Trinajstić information content (AvgIpc) is 2.99. The fourth-order valence-electron chi connectivity index (χ4n) is 4.70. The van der Waals surface area contributed by atoms with E-state index >= 15 is 0 Å². The highest BCUT2D eigenvalue weighted by molar-refractivity contribution is 7.83. The Bertz CT molecular complexity index is 1420. The molecular formula is C37H44N2O2S. The van der Waals surface area contributed by atoms with Gasteiger partial charge in [-0.25, -0.2) is 0 Å². The summed E-state index contributed by atoms with van der Waals surface area (Å²) in [6, 6.07) is 24.5. The van der Waals surface area contributed by atoms with Gasteiger partial charge in [-0.15, -0.1) is 0 Å². The Kier molecular flexibility index (Phi) is 13.3. The van der Waals surface area contributed by atoms with E-state index in [0.717, 1.165) is 57.9 Å². The molecule has 3 aromatic rings. The Labute approximate surface area is 257 Å². The van der Waals surface area contributed by atoms with Gasteiger partial charge in [0, 0.05) is 46.4 Å². The Morgan fingerprint density at radius 3 is 2.33 bits per heavy atom. The SMILES string of the molecule is C=C(NC(/C=C\S)=C(/C)CCCCC)c1ccc(NC(=C)c2ccccc2-c2ccccc2)cc1OCCCC(C)=O. The van der Waals surface area contributed by atoms with E-state index in [1.807, 2.05) is 54.6 Å². The first-order valence-electron chi connectivity index (χ1n) is 14.7. The number of Topliss-reactive ketones (excluding diaryl/α,β-unsaturated/α-hetero) is 1. The molecule has 3 aromatic carbocycles. The molecular weight excluding hydrogens is 536 g/mol. The largest absolute Gasteiger partial charge is 0.493 e. The predicted molar refractivity (Wildman–Crippen MR) is 184 cm³/mol. The van der Waals surface area contributed by atoms with Gasteiger partial charge >= 0.3 is 0 Å². The molecule has 2 N–H and O–H groups in total. The molecule has 0 bridgehead atoms. The first kappa shape index (κ1) is 32.6. The third-order valence-corrected chi connectivity index (χ3v) is 7.16. The second-order valence-corrected chi connectivity index (χ2v) is 10.7. The summed E-state index contributed by atoms with van der Waals surface area (Å²) in [5.74, 6) is 0.837. The third kappa shape index (κ3) is 9.85. The van der Waals surface area contributed by atoms with E-state index in [4.69, 9.17) is 4.74 Å². The van der Waals surface area contributed by atoms with E-state index in [1.54, 1.807) is 12.3 Å². The molecule has 0 saturated carbocycles. The van der Waals surface area contributed by atoms with E-state index in [9.17, 15) is 4.79 Å². The van der Waals surface area contributed by atoms with Gasteiger partial charge in [-0.3, -0.25) is 0 Å². The Hall–Kier alpha value is -3.96. The van der Waals surface area contributed by atoms with Crippen LogP contribution in [0.3, 0.4) is 0 Å². The molecule has 220 valence electrons. The van der Waals surface area contributed by atoms with Crippen molar-refractivity contribution < 1.29 is 9.53 Å². The fraction of sp³-hybridized carbons (Fsp3) is 0.270. The summed E-state index contributed by atoms with van der Waals surface area (Å²) in [7, 11) is 0. The topological polar surface area (TPSA) is 50.4 Å². The summed E-state index contributed by atoms with van der Waals surface area (Å²) < 4.78 is 6.24. The molecule has 0 radical (unpaired) electrons. The number of nitrogens with one attached hydrogen (secondary N) is 2. The summed E-state index contributed by atoms with van der Waals surface area (Å²) in [6.45, 7) is 15.1. The third-order valence-electron chi connectivity index (χ3n) is 7.01. The molecule has 0 unspecified atom stereocenters. The lowest BCUT2D eigenvalue weighted by molar-refractivity contribution is -0.117. The molecule has 42 heavy (non-hydrogen) atoms. The molecule has 0 aromatic heterocycles.